The smallest absolute Gasteiger partial charge is 0.194 e. The monoisotopic (exact) mass is 396 g/mol. The Morgan fingerprint density at radius 2 is 1.63 bits per heavy atom. The normalized spacial score (nSPS) is 19.1. The lowest BCUT2D eigenvalue weighted by atomic mass is 9.85. The van der Waals surface area contributed by atoms with Gasteiger partial charge >= 0.3 is 0 Å². The van der Waals surface area contributed by atoms with Crippen molar-refractivity contribution >= 4 is 17.3 Å². The van der Waals surface area contributed by atoms with E-state index in [1.165, 1.54) is 0 Å². The second-order valence-corrected chi connectivity index (χ2v) is 6.87. The molecule has 1 heterocycles. The lowest BCUT2D eigenvalue weighted by molar-refractivity contribution is 0.294. The minimum absolute atomic E-state index is 0.0341. The van der Waals surface area contributed by atoms with Crippen LogP contribution in [0.2, 0.25) is 0 Å². The fourth-order valence-electron chi connectivity index (χ4n) is 3.35. The molecule has 27 heavy (non-hydrogen) atoms. The van der Waals surface area contributed by atoms with Crippen LogP contribution >= 0.6 is 12.2 Å². The van der Waals surface area contributed by atoms with Gasteiger partial charge in [-0.25, -0.2) is 13.2 Å². The van der Waals surface area contributed by atoms with Gasteiger partial charge in [-0.15, -0.1) is 0 Å². The molecule has 0 saturated carbocycles. The molecule has 1 saturated heterocycles. The molecule has 0 unspecified atom stereocenters. The molecule has 0 bridgehead atoms. The number of benzene rings is 2. The van der Waals surface area contributed by atoms with Crippen LogP contribution in [0.3, 0.4) is 0 Å². The average molecular weight is 396 g/mol. The first-order valence-corrected chi connectivity index (χ1v) is 8.84. The Morgan fingerprint density at radius 1 is 0.963 bits per heavy atom. The summed E-state index contributed by atoms with van der Waals surface area (Å²) in [7, 11) is 3.13. The molecule has 3 rings (SSSR count). The van der Waals surface area contributed by atoms with E-state index in [9.17, 15) is 13.2 Å². The fraction of sp³-hybridized carbons (Fsp3) is 0.350. The van der Waals surface area contributed by atoms with Gasteiger partial charge < -0.3 is 14.2 Å². The molecule has 2 atom stereocenters. The molecule has 0 aromatic heterocycles. The van der Waals surface area contributed by atoms with E-state index in [0.717, 1.165) is 17.7 Å². The summed E-state index contributed by atoms with van der Waals surface area (Å²) in [5, 5.41) is 0.408. The molecule has 1 aliphatic rings. The van der Waals surface area contributed by atoms with Gasteiger partial charge in [0.05, 0.1) is 20.8 Å². The second kappa shape index (κ2) is 8.17. The summed E-state index contributed by atoms with van der Waals surface area (Å²) in [6.07, 6.45) is 0.933. The van der Waals surface area contributed by atoms with Gasteiger partial charge in [0.15, 0.2) is 34.0 Å². The maximum Gasteiger partial charge on any atom is 0.194 e. The molecular formula is C20H19F3O3S. The highest BCUT2D eigenvalue weighted by Crippen LogP contribution is 2.33. The molecule has 0 amide bonds. The summed E-state index contributed by atoms with van der Waals surface area (Å²) in [6.45, 7) is 0.421. The zero-order valence-electron chi connectivity index (χ0n) is 14.9. The van der Waals surface area contributed by atoms with Crippen LogP contribution in [0.15, 0.2) is 30.3 Å². The first kappa shape index (κ1) is 19.5. The molecule has 0 spiro atoms. The van der Waals surface area contributed by atoms with E-state index in [1.54, 1.807) is 14.2 Å². The predicted octanol–water partition coefficient (Wildman–Crippen LogP) is 4.50. The number of methoxy groups -OCH3 is 2. The molecule has 2 aromatic carbocycles. The minimum atomic E-state index is -1.47. The van der Waals surface area contributed by atoms with Crippen molar-refractivity contribution < 1.29 is 27.4 Å². The van der Waals surface area contributed by atoms with Gasteiger partial charge in [0.1, 0.15) is 0 Å². The van der Waals surface area contributed by atoms with Crippen molar-refractivity contribution in [3.05, 3.63) is 58.9 Å². The molecule has 2 aromatic rings. The summed E-state index contributed by atoms with van der Waals surface area (Å²) in [5.74, 6) is -2.78. The van der Waals surface area contributed by atoms with Crippen LogP contribution in [0, 0.1) is 29.3 Å². The van der Waals surface area contributed by atoms with E-state index < -0.39 is 17.5 Å². The first-order chi connectivity index (χ1) is 12.9. The lowest BCUT2D eigenvalue weighted by Gasteiger charge is -2.18. The SMILES string of the molecule is COc1ccc(C[C@H]2COC(=S)[C@@H]2Cc2cc(F)c(F)c(F)c2)cc1OC. The molecule has 7 heteroatoms. The molecule has 0 aliphatic carbocycles. The Hall–Kier alpha value is -2.28. The van der Waals surface area contributed by atoms with Crippen LogP contribution in [0.4, 0.5) is 13.2 Å². The van der Waals surface area contributed by atoms with Crippen molar-refractivity contribution in [2.75, 3.05) is 20.8 Å². The number of ether oxygens (including phenoxy) is 3. The Balaban J connectivity index is 1.79. The maximum absolute atomic E-state index is 13.5. The van der Waals surface area contributed by atoms with E-state index in [4.69, 9.17) is 26.4 Å². The van der Waals surface area contributed by atoms with Crippen molar-refractivity contribution in [2.45, 2.75) is 12.8 Å². The number of halogens is 3. The third-order valence-electron chi connectivity index (χ3n) is 4.76. The summed E-state index contributed by atoms with van der Waals surface area (Å²) < 4.78 is 56.3. The molecule has 1 fully saturated rings. The number of rotatable bonds is 6. The topological polar surface area (TPSA) is 27.7 Å². The Kier molecular flexibility index (Phi) is 5.89. The largest absolute Gasteiger partial charge is 0.493 e. The molecule has 3 nitrogen and oxygen atoms in total. The fourth-order valence-corrected chi connectivity index (χ4v) is 3.69. The maximum atomic E-state index is 13.5. The average Bonchev–Trinajstić information content (AvgIpc) is 2.99. The Bertz CT molecular complexity index is 833. The van der Waals surface area contributed by atoms with Crippen molar-refractivity contribution in [2.24, 2.45) is 11.8 Å². The lowest BCUT2D eigenvalue weighted by Crippen LogP contribution is -2.20. The van der Waals surface area contributed by atoms with Crippen LogP contribution in [0.25, 0.3) is 0 Å². The quantitative estimate of drug-likeness (QED) is 0.531. The third-order valence-corrected chi connectivity index (χ3v) is 5.18. The van der Waals surface area contributed by atoms with Crippen molar-refractivity contribution in [1.29, 1.82) is 0 Å². The minimum Gasteiger partial charge on any atom is -0.493 e. The highest BCUT2D eigenvalue weighted by molar-refractivity contribution is 7.80. The number of hydrogen-bond acceptors (Lipinski definition) is 4. The Morgan fingerprint density at radius 3 is 2.26 bits per heavy atom. The van der Waals surface area contributed by atoms with Gasteiger partial charge in [0, 0.05) is 11.8 Å². The molecule has 1 aliphatic heterocycles. The van der Waals surface area contributed by atoms with Crippen LogP contribution < -0.4 is 9.47 Å². The van der Waals surface area contributed by atoms with Crippen molar-refractivity contribution in [3.8, 4) is 11.5 Å². The van der Waals surface area contributed by atoms with Crippen molar-refractivity contribution in [1.82, 2.24) is 0 Å². The van der Waals surface area contributed by atoms with Gasteiger partial charge in [-0.2, -0.15) is 0 Å². The van der Waals surface area contributed by atoms with E-state index in [-0.39, 0.29) is 18.3 Å². The molecule has 0 radical (unpaired) electrons. The van der Waals surface area contributed by atoms with Crippen LogP contribution in [-0.4, -0.2) is 25.9 Å². The number of hydrogen-bond donors (Lipinski definition) is 0. The predicted molar refractivity (Wildman–Crippen MR) is 98.8 cm³/mol. The highest BCUT2D eigenvalue weighted by Gasteiger charge is 2.34. The summed E-state index contributed by atoms with van der Waals surface area (Å²) in [5.41, 5.74) is 1.36. The van der Waals surface area contributed by atoms with Gasteiger partial charge in [-0.05, 0) is 60.5 Å². The Labute approximate surface area is 161 Å². The van der Waals surface area contributed by atoms with Crippen LogP contribution in [-0.2, 0) is 17.6 Å². The molecular weight excluding hydrogens is 377 g/mol. The van der Waals surface area contributed by atoms with Gasteiger partial charge in [-0.3, -0.25) is 0 Å². The second-order valence-electron chi connectivity index (χ2n) is 6.47. The summed E-state index contributed by atoms with van der Waals surface area (Å²) in [4.78, 5) is 0. The highest BCUT2D eigenvalue weighted by atomic mass is 32.1. The zero-order chi connectivity index (χ0) is 19.6. The van der Waals surface area contributed by atoms with Crippen molar-refractivity contribution in [3.63, 3.8) is 0 Å². The third kappa shape index (κ3) is 4.18. The van der Waals surface area contributed by atoms with Gasteiger partial charge in [-0.1, -0.05) is 6.07 Å². The molecule has 144 valence electrons. The number of thiocarbonyl (C=S) groups is 1. The summed E-state index contributed by atoms with van der Waals surface area (Å²) in [6, 6.07) is 7.65. The van der Waals surface area contributed by atoms with E-state index in [0.29, 0.717) is 35.1 Å². The first-order valence-electron chi connectivity index (χ1n) is 8.44. The molecule has 0 N–H and O–H groups in total. The van der Waals surface area contributed by atoms with E-state index in [2.05, 4.69) is 0 Å². The van der Waals surface area contributed by atoms with E-state index >= 15 is 0 Å². The van der Waals surface area contributed by atoms with Crippen LogP contribution in [0.1, 0.15) is 11.1 Å². The van der Waals surface area contributed by atoms with E-state index in [1.807, 2.05) is 18.2 Å². The van der Waals surface area contributed by atoms with Crippen LogP contribution in [0.5, 0.6) is 11.5 Å². The zero-order valence-corrected chi connectivity index (χ0v) is 15.7. The van der Waals surface area contributed by atoms with Gasteiger partial charge in [0.2, 0.25) is 0 Å². The standard InChI is InChI=1S/C20H19F3O3S/c1-24-17-4-3-11(9-18(17)25-2)5-13-10-26-20(27)14(13)6-12-7-15(21)19(23)16(22)8-12/h3-4,7-9,13-14H,5-6,10H2,1-2H3/t13-,14+/m0/s1. The van der Waals surface area contributed by atoms with Gasteiger partial charge in [0.25, 0.3) is 0 Å². The summed E-state index contributed by atoms with van der Waals surface area (Å²) >= 11 is 5.28.